The van der Waals surface area contributed by atoms with Gasteiger partial charge in [0.2, 0.25) is 0 Å². The Bertz CT molecular complexity index is 505. The maximum Gasteiger partial charge on any atom is 0.105 e. The second kappa shape index (κ2) is 2.75. The van der Waals surface area contributed by atoms with Crippen LogP contribution in [0.4, 0.5) is 5.00 Å². The minimum atomic E-state index is 0.615. The summed E-state index contributed by atoms with van der Waals surface area (Å²) in [5, 5.41) is 10.5. The van der Waals surface area contributed by atoms with Crippen LogP contribution in [0.2, 0.25) is 0 Å². The predicted molar refractivity (Wildman–Crippen MR) is 55.7 cm³/mol. The van der Waals surface area contributed by atoms with Crippen molar-refractivity contribution in [1.82, 2.24) is 0 Å². The third kappa shape index (κ3) is 1.07. The summed E-state index contributed by atoms with van der Waals surface area (Å²) in [6, 6.07) is 8.05. The molecule has 1 heterocycles. The first kappa shape index (κ1) is 8.09. The topological polar surface area (TPSA) is 49.8 Å². The molecule has 2 nitrogen and oxygen atoms in total. The van der Waals surface area contributed by atoms with Crippen molar-refractivity contribution in [2.75, 3.05) is 5.73 Å². The number of nitriles is 1. The minimum absolute atomic E-state index is 0.615. The second-order valence-electron chi connectivity index (χ2n) is 2.90. The zero-order valence-electron chi connectivity index (χ0n) is 7.16. The average molecular weight is 188 g/mol. The number of benzene rings is 1. The smallest absolute Gasteiger partial charge is 0.105 e. The molecule has 1 aromatic heterocycles. The predicted octanol–water partition coefficient (Wildman–Crippen LogP) is 2.66. The van der Waals surface area contributed by atoms with Crippen LogP contribution >= 0.6 is 11.3 Å². The van der Waals surface area contributed by atoms with Gasteiger partial charge in [0.15, 0.2) is 0 Å². The molecule has 2 rings (SSSR count). The Kier molecular flexibility index (Phi) is 1.71. The van der Waals surface area contributed by atoms with E-state index in [0.29, 0.717) is 10.6 Å². The van der Waals surface area contributed by atoms with Gasteiger partial charge in [0.1, 0.15) is 11.1 Å². The van der Waals surface area contributed by atoms with Gasteiger partial charge in [0.05, 0.1) is 5.56 Å². The molecule has 0 fully saturated rings. The summed E-state index contributed by atoms with van der Waals surface area (Å²) in [6.45, 7) is 2.03. The molecule has 0 bridgehead atoms. The average Bonchev–Trinajstić information content (AvgIpc) is 2.43. The molecule has 2 aromatic rings. The normalized spacial score (nSPS) is 10.2. The largest absolute Gasteiger partial charge is 0.389 e. The molecule has 0 unspecified atom stereocenters. The Morgan fingerprint density at radius 3 is 2.92 bits per heavy atom. The summed E-state index contributed by atoms with van der Waals surface area (Å²) >= 11 is 1.49. The lowest BCUT2D eigenvalue weighted by Crippen LogP contribution is -1.81. The fourth-order valence-corrected chi connectivity index (χ4v) is 2.38. The van der Waals surface area contributed by atoms with Crippen LogP contribution < -0.4 is 5.73 Å². The van der Waals surface area contributed by atoms with Crippen LogP contribution in [0.15, 0.2) is 18.2 Å². The Morgan fingerprint density at radius 2 is 2.23 bits per heavy atom. The van der Waals surface area contributed by atoms with E-state index in [1.165, 1.54) is 16.9 Å². The third-order valence-electron chi connectivity index (χ3n) is 2.05. The zero-order chi connectivity index (χ0) is 9.42. The molecular weight excluding hydrogens is 180 g/mol. The van der Waals surface area contributed by atoms with E-state index < -0.39 is 0 Å². The van der Waals surface area contributed by atoms with E-state index in [2.05, 4.69) is 6.07 Å². The maximum absolute atomic E-state index is 8.87. The van der Waals surface area contributed by atoms with Crippen molar-refractivity contribution in [2.24, 2.45) is 0 Å². The fraction of sp³-hybridized carbons (Fsp3) is 0.100. The molecule has 0 aliphatic rings. The summed E-state index contributed by atoms with van der Waals surface area (Å²) in [4.78, 5) is 0. The zero-order valence-corrected chi connectivity index (χ0v) is 7.98. The van der Waals surface area contributed by atoms with Crippen molar-refractivity contribution in [3.8, 4) is 6.07 Å². The molecule has 0 aliphatic carbocycles. The monoisotopic (exact) mass is 188 g/mol. The summed E-state index contributed by atoms with van der Waals surface area (Å²) in [7, 11) is 0. The maximum atomic E-state index is 8.87. The van der Waals surface area contributed by atoms with Gasteiger partial charge in [0.25, 0.3) is 0 Å². The van der Waals surface area contributed by atoms with E-state index in [-0.39, 0.29) is 0 Å². The molecule has 13 heavy (non-hydrogen) atoms. The van der Waals surface area contributed by atoms with Gasteiger partial charge in [-0.1, -0.05) is 18.2 Å². The van der Waals surface area contributed by atoms with Crippen molar-refractivity contribution in [1.29, 1.82) is 5.26 Å². The quantitative estimate of drug-likeness (QED) is 0.691. The van der Waals surface area contributed by atoms with Crippen molar-refractivity contribution < 1.29 is 0 Å². The lowest BCUT2D eigenvalue weighted by molar-refractivity contribution is 1.51. The van der Waals surface area contributed by atoms with E-state index in [1.54, 1.807) is 0 Å². The van der Waals surface area contributed by atoms with Crippen LogP contribution in [0, 0.1) is 18.3 Å². The van der Waals surface area contributed by atoms with Crippen LogP contribution in [0.25, 0.3) is 10.1 Å². The number of hydrogen-bond acceptors (Lipinski definition) is 3. The third-order valence-corrected chi connectivity index (χ3v) is 3.22. The lowest BCUT2D eigenvalue weighted by atomic mass is 10.1. The van der Waals surface area contributed by atoms with E-state index >= 15 is 0 Å². The number of hydrogen-bond donors (Lipinski definition) is 1. The van der Waals surface area contributed by atoms with E-state index in [0.717, 1.165) is 10.1 Å². The van der Waals surface area contributed by atoms with Crippen LogP contribution in [0.1, 0.15) is 11.1 Å². The highest BCUT2D eigenvalue weighted by Gasteiger charge is 2.09. The van der Waals surface area contributed by atoms with Gasteiger partial charge < -0.3 is 5.73 Å². The van der Waals surface area contributed by atoms with E-state index in [4.69, 9.17) is 11.0 Å². The Hall–Kier alpha value is -1.53. The summed E-state index contributed by atoms with van der Waals surface area (Å²) < 4.78 is 1.12. The highest BCUT2D eigenvalue weighted by molar-refractivity contribution is 7.23. The lowest BCUT2D eigenvalue weighted by Gasteiger charge is -1.92. The van der Waals surface area contributed by atoms with Crippen molar-refractivity contribution in [3.63, 3.8) is 0 Å². The van der Waals surface area contributed by atoms with E-state index in [9.17, 15) is 0 Å². The first-order valence-electron chi connectivity index (χ1n) is 3.91. The van der Waals surface area contributed by atoms with Crippen LogP contribution in [-0.2, 0) is 0 Å². The van der Waals surface area contributed by atoms with E-state index in [1.807, 2.05) is 25.1 Å². The van der Waals surface area contributed by atoms with Gasteiger partial charge in [-0.2, -0.15) is 5.26 Å². The molecule has 0 spiro atoms. The van der Waals surface area contributed by atoms with Gasteiger partial charge in [-0.15, -0.1) is 11.3 Å². The van der Waals surface area contributed by atoms with Crippen molar-refractivity contribution in [3.05, 3.63) is 29.3 Å². The molecular formula is C10H8N2S. The highest BCUT2D eigenvalue weighted by Crippen LogP contribution is 2.34. The molecule has 0 saturated heterocycles. The number of fused-ring (bicyclic) bond motifs is 1. The van der Waals surface area contributed by atoms with Crippen molar-refractivity contribution in [2.45, 2.75) is 6.92 Å². The van der Waals surface area contributed by atoms with Gasteiger partial charge in [0, 0.05) is 10.1 Å². The number of thiophene rings is 1. The number of anilines is 1. The van der Waals surface area contributed by atoms with Gasteiger partial charge in [-0.3, -0.25) is 0 Å². The molecule has 2 N–H and O–H groups in total. The fourth-order valence-electron chi connectivity index (χ4n) is 1.39. The molecule has 0 aliphatic heterocycles. The Balaban J connectivity index is 2.96. The molecule has 64 valence electrons. The SMILES string of the molecule is Cc1cccc2c(C#N)c(N)sc12. The summed E-state index contributed by atoms with van der Waals surface area (Å²) in [5.41, 5.74) is 7.52. The first-order valence-corrected chi connectivity index (χ1v) is 4.73. The van der Waals surface area contributed by atoms with Crippen LogP contribution in [0.5, 0.6) is 0 Å². The number of nitrogen functional groups attached to an aromatic ring is 1. The van der Waals surface area contributed by atoms with Crippen LogP contribution in [0.3, 0.4) is 0 Å². The number of nitrogens with two attached hydrogens (primary N) is 1. The van der Waals surface area contributed by atoms with Crippen molar-refractivity contribution >= 4 is 26.4 Å². The Labute approximate surface area is 80.2 Å². The van der Waals surface area contributed by atoms with Gasteiger partial charge in [-0.25, -0.2) is 0 Å². The van der Waals surface area contributed by atoms with Crippen LogP contribution in [-0.4, -0.2) is 0 Å². The summed E-state index contributed by atoms with van der Waals surface area (Å²) in [6.07, 6.45) is 0. The summed E-state index contributed by atoms with van der Waals surface area (Å²) in [5.74, 6) is 0. The molecule has 3 heteroatoms. The number of rotatable bonds is 0. The molecule has 0 radical (unpaired) electrons. The number of nitrogens with zero attached hydrogens (tertiary/aromatic N) is 1. The van der Waals surface area contributed by atoms with Gasteiger partial charge in [-0.05, 0) is 12.5 Å². The highest BCUT2D eigenvalue weighted by atomic mass is 32.1. The standard InChI is InChI=1S/C10H8N2S/c1-6-3-2-4-7-8(5-11)10(12)13-9(6)7/h2-4H,12H2,1H3. The molecule has 1 aromatic carbocycles. The number of aryl methyl sites for hydroxylation is 1. The second-order valence-corrected chi connectivity index (χ2v) is 3.96. The Morgan fingerprint density at radius 1 is 1.46 bits per heavy atom. The molecule has 0 atom stereocenters. The molecule has 0 amide bonds. The minimum Gasteiger partial charge on any atom is -0.389 e. The molecule has 0 saturated carbocycles. The first-order chi connectivity index (χ1) is 6.24. The van der Waals surface area contributed by atoms with Gasteiger partial charge >= 0.3 is 0 Å².